The van der Waals surface area contributed by atoms with Crippen molar-refractivity contribution in [3.8, 4) is 10.4 Å². The fourth-order valence-electron chi connectivity index (χ4n) is 3.10. The van der Waals surface area contributed by atoms with Gasteiger partial charge < -0.3 is 9.69 Å². The first-order valence-electron chi connectivity index (χ1n) is 8.88. The predicted octanol–water partition coefficient (Wildman–Crippen LogP) is 6.63. The van der Waals surface area contributed by atoms with Crippen molar-refractivity contribution in [2.24, 2.45) is 0 Å². The first-order chi connectivity index (χ1) is 13.3. The maximum atomic E-state index is 10.7. The number of rotatable bonds is 6. The molecule has 27 heavy (non-hydrogen) atoms. The van der Waals surface area contributed by atoms with Crippen LogP contribution in [0.4, 0.5) is 17.1 Å². The summed E-state index contributed by atoms with van der Waals surface area (Å²) in [5.41, 5.74) is 4.53. The Morgan fingerprint density at radius 1 is 0.667 bits per heavy atom. The highest BCUT2D eigenvalue weighted by atomic mass is 32.1. The topological polar surface area (TPSA) is 20.3 Å². The Kier molecular flexibility index (Phi) is 5.13. The molecule has 132 valence electrons. The number of aldehydes is 1. The van der Waals surface area contributed by atoms with Gasteiger partial charge in [-0.2, -0.15) is 0 Å². The van der Waals surface area contributed by atoms with Gasteiger partial charge in [0.25, 0.3) is 0 Å². The molecule has 0 saturated carbocycles. The maximum absolute atomic E-state index is 10.7. The lowest BCUT2D eigenvalue weighted by Crippen LogP contribution is -2.09. The normalized spacial score (nSPS) is 10.5. The molecule has 0 radical (unpaired) electrons. The van der Waals surface area contributed by atoms with E-state index in [1.54, 1.807) is 11.3 Å². The van der Waals surface area contributed by atoms with E-state index in [1.165, 1.54) is 10.4 Å². The highest BCUT2D eigenvalue weighted by Gasteiger charge is 2.12. The van der Waals surface area contributed by atoms with Crippen molar-refractivity contribution in [1.82, 2.24) is 0 Å². The molecule has 3 heteroatoms. The van der Waals surface area contributed by atoms with Crippen LogP contribution in [0.15, 0.2) is 97.1 Å². The molecule has 0 aliphatic heterocycles. The molecule has 4 rings (SSSR count). The van der Waals surface area contributed by atoms with Crippen molar-refractivity contribution in [1.29, 1.82) is 0 Å². The summed E-state index contributed by atoms with van der Waals surface area (Å²) in [7, 11) is 0. The van der Waals surface area contributed by atoms with Crippen LogP contribution in [0.3, 0.4) is 0 Å². The summed E-state index contributed by atoms with van der Waals surface area (Å²) in [5.74, 6) is 0. The van der Waals surface area contributed by atoms with E-state index in [-0.39, 0.29) is 0 Å². The van der Waals surface area contributed by atoms with Crippen molar-refractivity contribution in [3.63, 3.8) is 0 Å². The molecule has 2 nitrogen and oxygen atoms in total. The van der Waals surface area contributed by atoms with Crippen LogP contribution in [0.5, 0.6) is 0 Å². The van der Waals surface area contributed by atoms with Gasteiger partial charge in [-0.05, 0) is 54.1 Å². The van der Waals surface area contributed by atoms with Crippen LogP contribution in [-0.2, 0) is 11.2 Å². The van der Waals surface area contributed by atoms with Gasteiger partial charge in [-0.25, -0.2) is 0 Å². The number of thiophene rings is 1. The Morgan fingerprint density at radius 3 is 1.78 bits per heavy atom. The van der Waals surface area contributed by atoms with E-state index in [0.717, 1.165) is 28.2 Å². The van der Waals surface area contributed by atoms with E-state index < -0.39 is 0 Å². The molecule has 0 atom stereocenters. The summed E-state index contributed by atoms with van der Waals surface area (Å²) in [4.78, 5) is 15.2. The molecule has 0 bridgehead atoms. The Hall–Kier alpha value is -3.17. The smallest absolute Gasteiger partial charge is 0.125 e. The van der Waals surface area contributed by atoms with Gasteiger partial charge in [0.2, 0.25) is 0 Å². The molecular formula is C24H19NOS. The molecular weight excluding hydrogens is 350 g/mol. The minimum atomic E-state index is 0.485. The number of carbonyl (C=O) groups excluding carboxylic acids is 1. The molecule has 1 aromatic heterocycles. The predicted molar refractivity (Wildman–Crippen MR) is 114 cm³/mol. The minimum Gasteiger partial charge on any atom is -0.311 e. The van der Waals surface area contributed by atoms with Crippen LogP contribution in [-0.4, -0.2) is 6.29 Å². The number of hydrogen-bond donors (Lipinski definition) is 0. The van der Waals surface area contributed by atoms with Crippen LogP contribution in [0.2, 0.25) is 0 Å². The van der Waals surface area contributed by atoms with E-state index in [9.17, 15) is 4.79 Å². The van der Waals surface area contributed by atoms with Gasteiger partial charge in [0.1, 0.15) is 6.29 Å². The average molecular weight is 369 g/mol. The fraction of sp³-hybridized carbons (Fsp3) is 0.0417. The van der Waals surface area contributed by atoms with Gasteiger partial charge in [-0.3, -0.25) is 0 Å². The second-order valence-corrected chi connectivity index (χ2v) is 7.36. The number of carbonyl (C=O) groups is 1. The van der Waals surface area contributed by atoms with Crippen molar-refractivity contribution in [2.75, 3.05) is 4.90 Å². The number of nitrogens with zero attached hydrogens (tertiary/aromatic N) is 1. The van der Waals surface area contributed by atoms with Crippen molar-refractivity contribution < 1.29 is 4.79 Å². The molecule has 0 unspecified atom stereocenters. The highest BCUT2D eigenvalue weighted by Crippen LogP contribution is 2.36. The molecule has 3 aromatic carbocycles. The lowest BCUT2D eigenvalue weighted by molar-refractivity contribution is -0.107. The Balaban J connectivity index is 1.69. The van der Waals surface area contributed by atoms with Gasteiger partial charge in [0, 0.05) is 33.2 Å². The number of para-hydroxylation sites is 2. The van der Waals surface area contributed by atoms with E-state index in [1.807, 2.05) is 18.2 Å². The summed E-state index contributed by atoms with van der Waals surface area (Å²) in [6, 6.07) is 33.5. The monoisotopic (exact) mass is 369 g/mol. The van der Waals surface area contributed by atoms with Crippen LogP contribution < -0.4 is 4.90 Å². The summed E-state index contributed by atoms with van der Waals surface area (Å²) in [6.07, 6.45) is 1.44. The Bertz CT molecular complexity index is 968. The molecule has 0 aliphatic carbocycles. The average Bonchev–Trinajstić information content (AvgIpc) is 3.19. The molecule has 0 fully saturated rings. The number of anilines is 3. The second-order valence-electron chi connectivity index (χ2n) is 6.19. The van der Waals surface area contributed by atoms with E-state index in [2.05, 4.69) is 83.8 Å². The standard InChI is InChI=1S/C24H19NOS/c26-18-17-23-15-16-24(27-23)19-11-13-22(14-12-19)25(20-7-3-1-4-8-20)21-9-5-2-6-10-21/h1-16,18H,17H2. The third-order valence-corrected chi connectivity index (χ3v) is 5.54. The zero-order valence-corrected chi connectivity index (χ0v) is 15.6. The largest absolute Gasteiger partial charge is 0.311 e. The summed E-state index contributed by atoms with van der Waals surface area (Å²) >= 11 is 1.67. The SMILES string of the molecule is O=CCc1ccc(-c2ccc(N(c3ccccc3)c3ccccc3)cc2)s1. The summed E-state index contributed by atoms with van der Waals surface area (Å²) in [6.45, 7) is 0. The van der Waals surface area contributed by atoms with Gasteiger partial charge in [-0.1, -0.05) is 48.5 Å². The lowest BCUT2D eigenvalue weighted by Gasteiger charge is -2.25. The van der Waals surface area contributed by atoms with E-state index >= 15 is 0 Å². The highest BCUT2D eigenvalue weighted by molar-refractivity contribution is 7.15. The van der Waals surface area contributed by atoms with Crippen LogP contribution in [0.1, 0.15) is 4.88 Å². The van der Waals surface area contributed by atoms with Crippen LogP contribution in [0.25, 0.3) is 10.4 Å². The van der Waals surface area contributed by atoms with Gasteiger partial charge in [-0.15, -0.1) is 11.3 Å². The van der Waals surface area contributed by atoms with Crippen LogP contribution >= 0.6 is 11.3 Å². The molecule has 0 saturated heterocycles. The fourth-order valence-corrected chi connectivity index (χ4v) is 4.06. The molecule has 4 aromatic rings. The van der Waals surface area contributed by atoms with E-state index in [4.69, 9.17) is 0 Å². The number of benzene rings is 3. The van der Waals surface area contributed by atoms with Crippen molar-refractivity contribution in [3.05, 3.63) is 102 Å². The summed E-state index contributed by atoms with van der Waals surface area (Å²) in [5, 5.41) is 0. The quantitative estimate of drug-likeness (QED) is 0.356. The molecule has 0 N–H and O–H groups in total. The zero-order valence-electron chi connectivity index (χ0n) is 14.8. The zero-order chi connectivity index (χ0) is 18.5. The second kappa shape index (κ2) is 8.02. The molecule has 0 spiro atoms. The van der Waals surface area contributed by atoms with Crippen molar-refractivity contribution >= 4 is 34.7 Å². The first-order valence-corrected chi connectivity index (χ1v) is 9.70. The third kappa shape index (κ3) is 3.83. The maximum Gasteiger partial charge on any atom is 0.125 e. The molecule has 0 amide bonds. The van der Waals surface area contributed by atoms with Gasteiger partial charge in [0.05, 0.1) is 0 Å². The summed E-state index contributed by atoms with van der Waals surface area (Å²) < 4.78 is 0. The first kappa shape index (κ1) is 17.3. The van der Waals surface area contributed by atoms with Gasteiger partial charge in [0.15, 0.2) is 0 Å². The molecule has 0 aliphatic rings. The van der Waals surface area contributed by atoms with Gasteiger partial charge >= 0.3 is 0 Å². The van der Waals surface area contributed by atoms with Crippen molar-refractivity contribution in [2.45, 2.75) is 6.42 Å². The van der Waals surface area contributed by atoms with Crippen LogP contribution in [0, 0.1) is 0 Å². The Morgan fingerprint density at radius 2 is 1.22 bits per heavy atom. The number of hydrogen-bond acceptors (Lipinski definition) is 3. The lowest BCUT2D eigenvalue weighted by atomic mass is 10.1. The minimum absolute atomic E-state index is 0.485. The third-order valence-electron chi connectivity index (χ3n) is 4.38. The molecule has 1 heterocycles. The Labute approximate surface area is 163 Å². The van der Waals surface area contributed by atoms with E-state index in [0.29, 0.717) is 6.42 Å².